The van der Waals surface area contributed by atoms with Gasteiger partial charge in [-0.15, -0.1) is 0 Å². The largest absolute Gasteiger partial charge is 0.507 e. The van der Waals surface area contributed by atoms with Gasteiger partial charge in [0.1, 0.15) is 5.75 Å². The van der Waals surface area contributed by atoms with Crippen LogP contribution in [0.15, 0.2) is 109 Å². The summed E-state index contributed by atoms with van der Waals surface area (Å²) in [7, 11) is 0. The summed E-state index contributed by atoms with van der Waals surface area (Å²) in [6.07, 6.45) is 1.78. The molecule has 4 aromatic carbocycles. The van der Waals surface area contributed by atoms with Crippen molar-refractivity contribution in [1.82, 2.24) is 9.97 Å². The minimum Gasteiger partial charge on any atom is -0.507 e. The molecule has 0 saturated heterocycles. The third kappa shape index (κ3) is 2.87. The lowest BCUT2D eigenvalue weighted by Crippen LogP contribution is -1.92. The SMILES string of the molecule is Oc1cccc(-c2ccccn2)c1-c1ccccc1-c1cccc2c1[nH]c1ccccc12. The summed E-state index contributed by atoms with van der Waals surface area (Å²) in [5, 5.41) is 13.4. The number of aromatic hydroxyl groups is 1. The first-order valence-electron chi connectivity index (χ1n) is 10.6. The van der Waals surface area contributed by atoms with Crippen LogP contribution in [-0.4, -0.2) is 15.1 Å². The Labute approximate surface area is 185 Å². The molecule has 2 N–H and O–H groups in total. The quantitative estimate of drug-likeness (QED) is 0.318. The summed E-state index contributed by atoms with van der Waals surface area (Å²) < 4.78 is 0. The third-order valence-electron chi connectivity index (χ3n) is 6.01. The standard InChI is InChI=1S/C29H20N2O/c32-27-17-8-14-24(25-15-5-6-18-30-25)28(27)21-11-2-1-9-19(21)22-12-7-13-23-20-10-3-4-16-26(20)31-29(22)23/h1-18,31-32H. The first kappa shape index (κ1) is 18.4. The monoisotopic (exact) mass is 412 g/mol. The van der Waals surface area contributed by atoms with E-state index in [4.69, 9.17) is 0 Å². The molecule has 3 nitrogen and oxygen atoms in total. The molecule has 0 amide bonds. The van der Waals surface area contributed by atoms with E-state index in [1.165, 1.54) is 10.8 Å². The number of phenolic OH excluding ortho intramolecular Hbond substituents is 1. The number of phenols is 1. The van der Waals surface area contributed by atoms with Gasteiger partial charge in [-0.05, 0) is 35.4 Å². The van der Waals surface area contributed by atoms with Crippen LogP contribution < -0.4 is 0 Å². The smallest absolute Gasteiger partial charge is 0.124 e. The molecule has 32 heavy (non-hydrogen) atoms. The van der Waals surface area contributed by atoms with Crippen LogP contribution in [0.3, 0.4) is 0 Å². The van der Waals surface area contributed by atoms with Crippen molar-refractivity contribution >= 4 is 21.8 Å². The van der Waals surface area contributed by atoms with Gasteiger partial charge in [-0.3, -0.25) is 4.98 Å². The molecule has 0 aliphatic rings. The second-order valence-electron chi connectivity index (χ2n) is 7.86. The molecule has 3 heteroatoms. The lowest BCUT2D eigenvalue weighted by atomic mass is 9.89. The van der Waals surface area contributed by atoms with Crippen LogP contribution >= 0.6 is 0 Å². The average Bonchev–Trinajstić information content (AvgIpc) is 3.23. The van der Waals surface area contributed by atoms with E-state index in [0.29, 0.717) is 0 Å². The van der Waals surface area contributed by atoms with Gasteiger partial charge in [0.2, 0.25) is 0 Å². The Kier molecular flexibility index (Phi) is 4.25. The lowest BCUT2D eigenvalue weighted by molar-refractivity contribution is 0.477. The molecular weight excluding hydrogens is 392 g/mol. The molecule has 0 unspecified atom stereocenters. The van der Waals surface area contributed by atoms with Crippen molar-refractivity contribution in [2.24, 2.45) is 0 Å². The number of aromatic nitrogens is 2. The highest BCUT2D eigenvalue weighted by atomic mass is 16.3. The predicted molar refractivity (Wildman–Crippen MR) is 132 cm³/mol. The molecule has 0 bridgehead atoms. The van der Waals surface area contributed by atoms with Gasteiger partial charge in [0, 0.05) is 39.2 Å². The van der Waals surface area contributed by atoms with Gasteiger partial charge in [0.15, 0.2) is 0 Å². The van der Waals surface area contributed by atoms with Crippen LogP contribution in [0.2, 0.25) is 0 Å². The number of aromatic amines is 1. The van der Waals surface area contributed by atoms with Gasteiger partial charge in [0.05, 0.1) is 11.2 Å². The fourth-order valence-corrected chi connectivity index (χ4v) is 4.59. The first-order valence-corrected chi connectivity index (χ1v) is 10.6. The van der Waals surface area contributed by atoms with Crippen molar-refractivity contribution in [3.63, 3.8) is 0 Å². The van der Waals surface area contributed by atoms with Crippen LogP contribution in [0, 0.1) is 0 Å². The number of para-hydroxylation sites is 2. The predicted octanol–water partition coefficient (Wildman–Crippen LogP) is 7.42. The van der Waals surface area contributed by atoms with Gasteiger partial charge < -0.3 is 10.1 Å². The third-order valence-corrected chi connectivity index (χ3v) is 6.01. The number of hydrogen-bond donors (Lipinski definition) is 2. The van der Waals surface area contributed by atoms with Crippen LogP contribution in [0.25, 0.3) is 55.3 Å². The molecular formula is C29H20N2O. The van der Waals surface area contributed by atoms with Crippen LogP contribution in [0.5, 0.6) is 5.75 Å². The molecule has 0 atom stereocenters. The number of hydrogen-bond acceptors (Lipinski definition) is 2. The highest BCUT2D eigenvalue weighted by Crippen LogP contribution is 2.44. The zero-order valence-corrected chi connectivity index (χ0v) is 17.3. The summed E-state index contributed by atoms with van der Waals surface area (Å²) in [5.41, 5.74) is 7.86. The fraction of sp³-hybridized carbons (Fsp3) is 0. The molecule has 6 aromatic rings. The van der Waals surface area contributed by atoms with Gasteiger partial charge in [-0.2, -0.15) is 0 Å². The maximum Gasteiger partial charge on any atom is 0.124 e. The second kappa shape index (κ2) is 7.40. The van der Waals surface area contributed by atoms with Gasteiger partial charge >= 0.3 is 0 Å². The number of nitrogens with zero attached hydrogens (tertiary/aromatic N) is 1. The fourth-order valence-electron chi connectivity index (χ4n) is 4.59. The van der Waals surface area contributed by atoms with E-state index in [1.807, 2.05) is 48.5 Å². The Hall–Kier alpha value is -4.37. The second-order valence-corrected chi connectivity index (χ2v) is 7.86. The molecule has 2 aromatic heterocycles. The van der Waals surface area contributed by atoms with E-state index >= 15 is 0 Å². The van der Waals surface area contributed by atoms with Crippen LogP contribution in [0.4, 0.5) is 0 Å². The minimum atomic E-state index is 0.240. The van der Waals surface area contributed by atoms with E-state index < -0.39 is 0 Å². The van der Waals surface area contributed by atoms with Crippen molar-refractivity contribution in [1.29, 1.82) is 0 Å². The van der Waals surface area contributed by atoms with Crippen molar-refractivity contribution in [2.75, 3.05) is 0 Å². The van der Waals surface area contributed by atoms with Crippen LogP contribution in [0.1, 0.15) is 0 Å². The lowest BCUT2D eigenvalue weighted by Gasteiger charge is -2.16. The minimum absolute atomic E-state index is 0.240. The maximum absolute atomic E-state index is 11.0. The number of rotatable bonds is 3. The molecule has 0 aliphatic heterocycles. The Balaban J connectivity index is 1.65. The van der Waals surface area contributed by atoms with Gasteiger partial charge in [0.25, 0.3) is 0 Å². The maximum atomic E-state index is 11.0. The Morgan fingerprint density at radius 2 is 1.25 bits per heavy atom. The molecule has 152 valence electrons. The van der Waals surface area contributed by atoms with E-state index in [9.17, 15) is 5.11 Å². The van der Waals surface area contributed by atoms with Gasteiger partial charge in [-0.25, -0.2) is 0 Å². The number of fused-ring (bicyclic) bond motifs is 3. The number of pyridine rings is 1. The molecule has 0 aliphatic carbocycles. The van der Waals surface area contributed by atoms with Crippen molar-refractivity contribution in [2.45, 2.75) is 0 Å². The highest BCUT2D eigenvalue weighted by Gasteiger charge is 2.18. The van der Waals surface area contributed by atoms with Crippen LogP contribution in [-0.2, 0) is 0 Å². The van der Waals surface area contributed by atoms with Crippen molar-refractivity contribution < 1.29 is 5.11 Å². The van der Waals surface area contributed by atoms with E-state index in [-0.39, 0.29) is 5.75 Å². The molecule has 0 radical (unpaired) electrons. The molecule has 2 heterocycles. The van der Waals surface area contributed by atoms with E-state index in [2.05, 4.69) is 58.5 Å². The zero-order chi connectivity index (χ0) is 21.5. The Bertz CT molecular complexity index is 1580. The molecule has 0 saturated carbocycles. The molecule has 6 rings (SSSR count). The number of benzene rings is 4. The molecule has 0 spiro atoms. The summed E-state index contributed by atoms with van der Waals surface area (Å²) in [6, 6.07) is 34.4. The first-order chi connectivity index (χ1) is 15.8. The van der Waals surface area contributed by atoms with E-state index in [1.54, 1.807) is 12.3 Å². The summed E-state index contributed by atoms with van der Waals surface area (Å²) in [6.45, 7) is 0. The highest BCUT2D eigenvalue weighted by molar-refractivity contribution is 6.13. The summed E-state index contributed by atoms with van der Waals surface area (Å²) >= 11 is 0. The normalized spacial score (nSPS) is 11.2. The zero-order valence-electron chi connectivity index (χ0n) is 17.3. The topological polar surface area (TPSA) is 48.9 Å². The Morgan fingerprint density at radius 3 is 2.12 bits per heavy atom. The summed E-state index contributed by atoms with van der Waals surface area (Å²) in [4.78, 5) is 8.15. The van der Waals surface area contributed by atoms with E-state index in [0.717, 1.165) is 44.5 Å². The number of nitrogens with one attached hydrogen (secondary N) is 1. The summed E-state index contributed by atoms with van der Waals surface area (Å²) in [5.74, 6) is 0.240. The van der Waals surface area contributed by atoms with Crippen molar-refractivity contribution in [3.8, 4) is 39.3 Å². The van der Waals surface area contributed by atoms with Crippen molar-refractivity contribution in [3.05, 3.63) is 109 Å². The average molecular weight is 412 g/mol. The molecule has 0 fully saturated rings. The Morgan fingerprint density at radius 1 is 0.562 bits per heavy atom. The van der Waals surface area contributed by atoms with Gasteiger partial charge in [-0.1, -0.05) is 78.9 Å². The number of H-pyrrole nitrogens is 1.